The average Bonchev–Trinajstić information content (AvgIpc) is 2.39. The Balaban J connectivity index is 0.000000605. The first-order valence-corrected chi connectivity index (χ1v) is 4.20. The molecular formula is C8H16ClNO. The Morgan fingerprint density at radius 3 is 2.73 bits per heavy atom. The molecule has 2 fully saturated rings. The molecule has 2 aliphatic heterocycles. The van der Waals surface area contributed by atoms with E-state index in [1.807, 2.05) is 0 Å². The molecule has 2 aliphatic rings. The third-order valence-corrected chi connectivity index (χ3v) is 2.75. The molecule has 0 aromatic heterocycles. The minimum absolute atomic E-state index is 0. The van der Waals surface area contributed by atoms with E-state index in [4.69, 9.17) is 4.74 Å². The molecule has 0 saturated carbocycles. The Morgan fingerprint density at radius 2 is 2.18 bits per heavy atom. The lowest BCUT2D eigenvalue weighted by atomic mass is 9.80. The van der Waals surface area contributed by atoms with Crippen LogP contribution in [-0.2, 0) is 4.74 Å². The van der Waals surface area contributed by atoms with Crippen molar-refractivity contribution in [3.8, 4) is 0 Å². The molecule has 2 rings (SSSR count). The number of ether oxygens (including phenoxy) is 1. The van der Waals surface area contributed by atoms with E-state index in [0.29, 0.717) is 5.41 Å². The van der Waals surface area contributed by atoms with Crippen molar-refractivity contribution in [3.63, 3.8) is 0 Å². The molecule has 3 heteroatoms. The van der Waals surface area contributed by atoms with Gasteiger partial charge in [-0.2, -0.15) is 0 Å². The summed E-state index contributed by atoms with van der Waals surface area (Å²) in [5.74, 6) is 0. The molecule has 2 heterocycles. The number of halogens is 1. The van der Waals surface area contributed by atoms with Crippen molar-refractivity contribution in [1.29, 1.82) is 0 Å². The van der Waals surface area contributed by atoms with Crippen LogP contribution in [-0.4, -0.2) is 26.3 Å². The van der Waals surface area contributed by atoms with Gasteiger partial charge >= 0.3 is 0 Å². The Bertz CT molecular complexity index is 115. The second-order valence-corrected chi connectivity index (χ2v) is 3.58. The average molecular weight is 178 g/mol. The maximum absolute atomic E-state index is 5.40. The van der Waals surface area contributed by atoms with Gasteiger partial charge in [-0.1, -0.05) is 0 Å². The zero-order valence-electron chi connectivity index (χ0n) is 6.77. The molecule has 2 saturated heterocycles. The Hall–Kier alpha value is 0.210. The largest absolute Gasteiger partial charge is 0.381 e. The molecule has 1 spiro atoms. The quantitative estimate of drug-likeness (QED) is 0.601. The zero-order valence-corrected chi connectivity index (χ0v) is 7.58. The van der Waals surface area contributed by atoms with Crippen LogP contribution in [0.5, 0.6) is 0 Å². The first kappa shape index (κ1) is 9.30. The van der Waals surface area contributed by atoms with Gasteiger partial charge in [-0.3, -0.25) is 0 Å². The van der Waals surface area contributed by atoms with Gasteiger partial charge in [0.15, 0.2) is 0 Å². The van der Waals surface area contributed by atoms with Crippen LogP contribution in [0, 0.1) is 5.41 Å². The molecule has 66 valence electrons. The molecule has 0 amide bonds. The minimum Gasteiger partial charge on any atom is -0.381 e. The van der Waals surface area contributed by atoms with Crippen LogP contribution in [0.1, 0.15) is 19.3 Å². The summed E-state index contributed by atoms with van der Waals surface area (Å²) in [6, 6.07) is 0. The van der Waals surface area contributed by atoms with Crippen LogP contribution in [0.15, 0.2) is 0 Å². The fourth-order valence-corrected chi connectivity index (χ4v) is 2.02. The fraction of sp³-hybridized carbons (Fsp3) is 1.00. The minimum atomic E-state index is 0. The highest BCUT2D eigenvalue weighted by atomic mass is 35.5. The van der Waals surface area contributed by atoms with Crippen molar-refractivity contribution in [1.82, 2.24) is 5.32 Å². The van der Waals surface area contributed by atoms with E-state index >= 15 is 0 Å². The first-order valence-electron chi connectivity index (χ1n) is 4.20. The van der Waals surface area contributed by atoms with E-state index in [0.717, 1.165) is 13.2 Å². The zero-order chi connectivity index (χ0) is 6.86. The van der Waals surface area contributed by atoms with E-state index in [-0.39, 0.29) is 12.4 Å². The Morgan fingerprint density at radius 1 is 1.27 bits per heavy atom. The van der Waals surface area contributed by atoms with Crippen LogP contribution < -0.4 is 5.32 Å². The van der Waals surface area contributed by atoms with Gasteiger partial charge in [-0.25, -0.2) is 0 Å². The Labute approximate surface area is 74.1 Å². The van der Waals surface area contributed by atoms with Crippen molar-refractivity contribution in [3.05, 3.63) is 0 Å². The van der Waals surface area contributed by atoms with Crippen molar-refractivity contribution in [2.45, 2.75) is 19.3 Å². The molecule has 0 radical (unpaired) electrons. The van der Waals surface area contributed by atoms with Crippen molar-refractivity contribution in [2.75, 3.05) is 26.3 Å². The van der Waals surface area contributed by atoms with E-state index in [9.17, 15) is 0 Å². The van der Waals surface area contributed by atoms with Gasteiger partial charge < -0.3 is 10.1 Å². The summed E-state index contributed by atoms with van der Waals surface area (Å²) in [4.78, 5) is 0. The highest BCUT2D eigenvalue weighted by molar-refractivity contribution is 5.85. The molecule has 11 heavy (non-hydrogen) atoms. The number of hydrogen-bond donors (Lipinski definition) is 1. The van der Waals surface area contributed by atoms with Crippen molar-refractivity contribution < 1.29 is 4.74 Å². The van der Waals surface area contributed by atoms with E-state index in [2.05, 4.69) is 5.32 Å². The normalized spacial score (nSPS) is 37.1. The van der Waals surface area contributed by atoms with Crippen LogP contribution in [0.25, 0.3) is 0 Å². The molecule has 0 aromatic carbocycles. The van der Waals surface area contributed by atoms with Crippen molar-refractivity contribution >= 4 is 12.4 Å². The third-order valence-electron chi connectivity index (χ3n) is 2.75. The first-order chi connectivity index (χ1) is 4.91. The van der Waals surface area contributed by atoms with E-state index < -0.39 is 0 Å². The van der Waals surface area contributed by atoms with Gasteiger partial charge in [0.25, 0.3) is 0 Å². The van der Waals surface area contributed by atoms with Gasteiger partial charge in [0, 0.05) is 18.6 Å². The van der Waals surface area contributed by atoms with Gasteiger partial charge in [-0.15, -0.1) is 12.4 Å². The molecule has 0 aromatic rings. The molecular weight excluding hydrogens is 162 g/mol. The lowest BCUT2D eigenvalue weighted by Crippen LogP contribution is -2.40. The predicted octanol–water partition coefficient (Wildman–Crippen LogP) is 1.20. The summed E-state index contributed by atoms with van der Waals surface area (Å²) in [7, 11) is 0. The van der Waals surface area contributed by atoms with Gasteiger partial charge in [0.05, 0.1) is 6.61 Å². The summed E-state index contributed by atoms with van der Waals surface area (Å²) < 4.78 is 5.40. The molecule has 2 nitrogen and oxygen atoms in total. The van der Waals surface area contributed by atoms with Crippen LogP contribution in [0.4, 0.5) is 0 Å². The summed E-state index contributed by atoms with van der Waals surface area (Å²) in [6.45, 7) is 4.39. The van der Waals surface area contributed by atoms with E-state index in [1.165, 1.54) is 32.4 Å². The third kappa shape index (κ3) is 1.86. The second-order valence-electron chi connectivity index (χ2n) is 3.58. The van der Waals surface area contributed by atoms with E-state index in [1.54, 1.807) is 0 Å². The highest BCUT2D eigenvalue weighted by Crippen LogP contribution is 2.34. The summed E-state index contributed by atoms with van der Waals surface area (Å²) in [5, 5.41) is 3.44. The molecule has 0 aliphatic carbocycles. The molecule has 0 unspecified atom stereocenters. The topological polar surface area (TPSA) is 21.3 Å². The monoisotopic (exact) mass is 177 g/mol. The van der Waals surface area contributed by atoms with Gasteiger partial charge in [0.2, 0.25) is 0 Å². The predicted molar refractivity (Wildman–Crippen MR) is 47.2 cm³/mol. The second kappa shape index (κ2) is 3.74. The maximum atomic E-state index is 5.40. The SMILES string of the molecule is C1CNC[C@]2(C1)CCOC2.Cl. The molecule has 1 N–H and O–H groups in total. The molecule has 1 atom stereocenters. The Kier molecular flexibility index (Phi) is 3.16. The van der Waals surface area contributed by atoms with Crippen molar-refractivity contribution in [2.24, 2.45) is 5.41 Å². The summed E-state index contributed by atoms with van der Waals surface area (Å²) in [6.07, 6.45) is 3.99. The molecule has 0 bridgehead atoms. The smallest absolute Gasteiger partial charge is 0.0535 e. The fourth-order valence-electron chi connectivity index (χ4n) is 2.02. The number of hydrogen-bond acceptors (Lipinski definition) is 2. The van der Waals surface area contributed by atoms with Crippen LogP contribution >= 0.6 is 12.4 Å². The lowest BCUT2D eigenvalue weighted by Gasteiger charge is -2.31. The van der Waals surface area contributed by atoms with Gasteiger partial charge in [0.1, 0.15) is 0 Å². The van der Waals surface area contributed by atoms with Crippen LogP contribution in [0.3, 0.4) is 0 Å². The number of rotatable bonds is 0. The summed E-state index contributed by atoms with van der Waals surface area (Å²) >= 11 is 0. The maximum Gasteiger partial charge on any atom is 0.0535 e. The van der Waals surface area contributed by atoms with Crippen LogP contribution in [0.2, 0.25) is 0 Å². The lowest BCUT2D eigenvalue weighted by molar-refractivity contribution is 0.132. The summed E-state index contributed by atoms with van der Waals surface area (Å²) in [5.41, 5.74) is 0.540. The number of nitrogens with one attached hydrogen (secondary N) is 1. The number of piperidine rings is 1. The van der Waals surface area contributed by atoms with Gasteiger partial charge in [-0.05, 0) is 25.8 Å². The standard InChI is InChI=1S/C8H15NO.ClH/c1-2-8(6-9-4-1)3-5-10-7-8;/h9H,1-7H2;1H/t8-;/m0./s1. The highest BCUT2D eigenvalue weighted by Gasteiger charge is 2.35.